The molecule has 0 aliphatic carbocycles. The second-order valence-electron chi connectivity index (χ2n) is 17.7. The van der Waals surface area contributed by atoms with Crippen LogP contribution in [0.25, 0.3) is 0 Å². The van der Waals surface area contributed by atoms with E-state index in [0.29, 0.717) is 12.8 Å². The van der Waals surface area contributed by atoms with Gasteiger partial charge in [0.15, 0.2) is 6.10 Å². The number of carboxylic acids is 1. The van der Waals surface area contributed by atoms with Crippen LogP contribution >= 0.6 is 0 Å². The van der Waals surface area contributed by atoms with Crippen LogP contribution in [0, 0.1) is 0 Å². The summed E-state index contributed by atoms with van der Waals surface area (Å²) < 4.78 is 17.2. The first-order chi connectivity index (χ1) is 28.6. The number of nitrogens with zero attached hydrogens (tertiary/aromatic N) is 1. The number of carboxylic acid groups (broad SMARTS) is 1. The van der Waals surface area contributed by atoms with Crippen molar-refractivity contribution >= 4 is 17.9 Å². The smallest absolute Gasteiger partial charge is 0.306 e. The molecule has 0 fully saturated rings. The van der Waals surface area contributed by atoms with Crippen molar-refractivity contribution in [2.75, 3.05) is 41.0 Å². The summed E-state index contributed by atoms with van der Waals surface area (Å²) in [6.07, 6.45) is 48.9. The van der Waals surface area contributed by atoms with Crippen LogP contribution < -0.4 is 5.11 Å². The highest BCUT2D eigenvalue weighted by molar-refractivity contribution is 5.70. The van der Waals surface area contributed by atoms with Crippen LogP contribution in [0.5, 0.6) is 0 Å². The van der Waals surface area contributed by atoms with Gasteiger partial charge < -0.3 is 28.6 Å². The Morgan fingerprint density at radius 1 is 0.508 bits per heavy atom. The lowest BCUT2D eigenvalue weighted by Crippen LogP contribution is -2.55. The third-order valence-corrected chi connectivity index (χ3v) is 11.0. The topological polar surface area (TPSA) is 102 Å². The maximum atomic E-state index is 12.8. The monoisotopic (exact) mass is 832 g/mol. The molecule has 0 saturated carbocycles. The highest BCUT2D eigenvalue weighted by atomic mass is 16.6. The van der Waals surface area contributed by atoms with Crippen LogP contribution in [0.1, 0.15) is 219 Å². The molecule has 0 N–H and O–H groups in total. The zero-order valence-corrected chi connectivity index (χ0v) is 39.2. The van der Waals surface area contributed by atoms with E-state index in [1.807, 2.05) is 0 Å². The number of ether oxygens (including phenoxy) is 3. The van der Waals surface area contributed by atoms with Crippen molar-refractivity contribution in [2.24, 2.45) is 0 Å². The van der Waals surface area contributed by atoms with E-state index in [0.717, 1.165) is 38.5 Å². The summed E-state index contributed by atoms with van der Waals surface area (Å²) in [5.41, 5.74) is 0. The SMILES string of the molecule is CCCCCCCC/C=C/C/C=C/C/C=C/CCCC(=O)OCC(COCCC(C(=O)[O-])[N+](C)(C)C)OC(=O)CCCCCCCCCCCCCCCCCCCC. The van der Waals surface area contributed by atoms with E-state index in [1.54, 1.807) is 21.1 Å². The Hall–Kier alpha value is -2.45. The standard InChI is InChI=1S/C51H93NO7/c1-6-8-10-12-14-16-18-20-22-24-26-28-30-32-34-36-38-40-42-50(54)59-47(45-57-44-43-48(51(55)56)52(3,4)5)46-58-49(53)41-39-37-35-33-31-29-27-25-23-21-19-17-15-13-11-9-7-2/h21,23,27,29,33,35,47-48H,6-20,22,24-26,28,30-32,34,36-46H2,1-5H3/b23-21+,29-27+,35-33+. The van der Waals surface area contributed by atoms with Crippen molar-refractivity contribution in [2.45, 2.75) is 231 Å². The molecule has 0 amide bonds. The minimum absolute atomic E-state index is 0.0280. The zero-order valence-electron chi connectivity index (χ0n) is 39.2. The van der Waals surface area contributed by atoms with Gasteiger partial charge in [0.25, 0.3) is 0 Å². The second-order valence-corrected chi connectivity index (χ2v) is 17.7. The Balaban J connectivity index is 4.33. The number of quaternary nitrogens is 1. The molecule has 0 aromatic carbocycles. The highest BCUT2D eigenvalue weighted by Crippen LogP contribution is 2.16. The first-order valence-corrected chi connectivity index (χ1v) is 24.5. The number of hydrogen-bond donors (Lipinski definition) is 0. The summed E-state index contributed by atoms with van der Waals surface area (Å²) in [4.78, 5) is 36.9. The number of carbonyl (C=O) groups excluding carboxylic acids is 3. The van der Waals surface area contributed by atoms with E-state index in [2.05, 4.69) is 50.3 Å². The van der Waals surface area contributed by atoms with Crippen molar-refractivity contribution in [1.82, 2.24) is 0 Å². The molecule has 0 aliphatic rings. The largest absolute Gasteiger partial charge is 0.544 e. The predicted octanol–water partition coefficient (Wildman–Crippen LogP) is 12.5. The molecule has 0 spiro atoms. The molecule has 0 saturated heterocycles. The fourth-order valence-electron chi connectivity index (χ4n) is 7.21. The summed E-state index contributed by atoms with van der Waals surface area (Å²) in [6.45, 7) is 4.63. The predicted molar refractivity (Wildman–Crippen MR) is 245 cm³/mol. The third-order valence-electron chi connectivity index (χ3n) is 11.0. The lowest BCUT2D eigenvalue weighted by molar-refractivity contribution is -0.889. The van der Waals surface area contributed by atoms with Gasteiger partial charge in [-0.05, 0) is 44.9 Å². The lowest BCUT2D eigenvalue weighted by atomic mass is 10.0. The van der Waals surface area contributed by atoms with Gasteiger partial charge in [-0.2, -0.15) is 0 Å². The summed E-state index contributed by atoms with van der Waals surface area (Å²) in [7, 11) is 5.40. The number of carbonyl (C=O) groups is 3. The van der Waals surface area contributed by atoms with Crippen molar-refractivity contribution in [1.29, 1.82) is 0 Å². The highest BCUT2D eigenvalue weighted by Gasteiger charge is 2.25. The van der Waals surface area contributed by atoms with Crippen LogP contribution in [-0.4, -0.2) is 75.5 Å². The molecule has 0 radical (unpaired) electrons. The molecule has 0 aliphatic heterocycles. The maximum Gasteiger partial charge on any atom is 0.306 e. The lowest BCUT2D eigenvalue weighted by Gasteiger charge is -2.34. The number of rotatable bonds is 44. The maximum absolute atomic E-state index is 12.8. The van der Waals surface area contributed by atoms with Gasteiger partial charge in [-0.25, -0.2) is 0 Å². The van der Waals surface area contributed by atoms with Crippen molar-refractivity contribution in [3.05, 3.63) is 36.5 Å². The van der Waals surface area contributed by atoms with Gasteiger partial charge in [0.1, 0.15) is 12.6 Å². The van der Waals surface area contributed by atoms with Crippen molar-refractivity contribution in [3.63, 3.8) is 0 Å². The van der Waals surface area contributed by atoms with E-state index in [1.165, 1.54) is 141 Å². The molecule has 59 heavy (non-hydrogen) atoms. The van der Waals surface area contributed by atoms with Gasteiger partial charge in [-0.1, -0.05) is 192 Å². The summed E-state index contributed by atoms with van der Waals surface area (Å²) >= 11 is 0. The molecule has 0 aromatic rings. The molecule has 8 nitrogen and oxygen atoms in total. The molecule has 2 atom stereocenters. The van der Waals surface area contributed by atoms with Gasteiger partial charge >= 0.3 is 11.9 Å². The number of likely N-dealkylation sites (N-methyl/N-ethyl adjacent to an activating group) is 1. The van der Waals surface area contributed by atoms with E-state index in [9.17, 15) is 19.5 Å². The third kappa shape index (κ3) is 40.7. The molecule has 0 aromatic heterocycles. The van der Waals surface area contributed by atoms with Gasteiger partial charge in [0.05, 0.1) is 40.3 Å². The average molecular weight is 832 g/mol. The van der Waals surface area contributed by atoms with Crippen LogP contribution in [0.3, 0.4) is 0 Å². The second kappa shape index (κ2) is 42.2. The molecular weight excluding hydrogens is 739 g/mol. The van der Waals surface area contributed by atoms with Crippen LogP contribution in [0.15, 0.2) is 36.5 Å². The van der Waals surface area contributed by atoms with Gasteiger partial charge in [0, 0.05) is 19.3 Å². The quantitative estimate of drug-likeness (QED) is 0.0261. The number of hydrogen-bond acceptors (Lipinski definition) is 7. The number of allylic oxidation sites excluding steroid dienone is 6. The molecule has 2 unspecified atom stereocenters. The minimum Gasteiger partial charge on any atom is -0.544 e. The minimum atomic E-state index is -1.13. The summed E-state index contributed by atoms with van der Waals surface area (Å²) in [5, 5.41) is 11.6. The molecule has 0 bridgehead atoms. The Kier molecular flexibility index (Phi) is 40.5. The molecule has 344 valence electrons. The van der Waals surface area contributed by atoms with Gasteiger partial charge in [-0.3, -0.25) is 9.59 Å². The van der Waals surface area contributed by atoms with E-state index in [4.69, 9.17) is 14.2 Å². The van der Waals surface area contributed by atoms with Crippen molar-refractivity contribution < 1.29 is 38.2 Å². The summed E-state index contributed by atoms with van der Waals surface area (Å²) in [6, 6.07) is -0.731. The van der Waals surface area contributed by atoms with Gasteiger partial charge in [0.2, 0.25) is 0 Å². The normalized spacial score (nSPS) is 13.2. The zero-order chi connectivity index (χ0) is 43.5. The van der Waals surface area contributed by atoms with E-state index >= 15 is 0 Å². The van der Waals surface area contributed by atoms with E-state index in [-0.39, 0.29) is 49.1 Å². The Bertz CT molecular complexity index is 1060. The Labute approximate surface area is 364 Å². The molecular formula is C51H93NO7. The molecule has 8 heteroatoms. The Morgan fingerprint density at radius 3 is 1.37 bits per heavy atom. The fraction of sp³-hybridized carbons (Fsp3) is 0.824. The van der Waals surface area contributed by atoms with E-state index < -0.39 is 18.1 Å². The number of aliphatic carboxylic acids is 1. The number of unbranched alkanes of at least 4 members (excludes halogenated alkanes) is 24. The first kappa shape index (κ1) is 56.5. The molecule has 0 heterocycles. The Morgan fingerprint density at radius 2 is 0.915 bits per heavy atom. The average Bonchev–Trinajstić information content (AvgIpc) is 3.19. The summed E-state index contributed by atoms with van der Waals surface area (Å²) in [5.74, 6) is -1.79. The van der Waals surface area contributed by atoms with Crippen LogP contribution in [-0.2, 0) is 28.6 Å². The fourth-order valence-corrected chi connectivity index (χ4v) is 7.21. The van der Waals surface area contributed by atoms with Crippen LogP contribution in [0.2, 0.25) is 0 Å². The first-order valence-electron chi connectivity index (χ1n) is 24.5. The number of esters is 2. The van der Waals surface area contributed by atoms with Crippen LogP contribution in [0.4, 0.5) is 0 Å². The van der Waals surface area contributed by atoms with Gasteiger partial charge in [-0.15, -0.1) is 0 Å². The molecule has 0 rings (SSSR count). The van der Waals surface area contributed by atoms with Crippen molar-refractivity contribution in [3.8, 4) is 0 Å².